The predicted octanol–water partition coefficient (Wildman–Crippen LogP) is 0.600. The van der Waals surface area contributed by atoms with E-state index in [9.17, 15) is 13.2 Å². The van der Waals surface area contributed by atoms with E-state index in [1.165, 1.54) is 17.5 Å². The van der Waals surface area contributed by atoms with Gasteiger partial charge in [0.2, 0.25) is 5.09 Å². The van der Waals surface area contributed by atoms with Crippen molar-refractivity contribution in [1.29, 1.82) is 0 Å². The molecule has 2 N–H and O–H groups in total. The van der Waals surface area contributed by atoms with Crippen molar-refractivity contribution in [1.82, 2.24) is 4.31 Å². The second-order valence-electron chi connectivity index (χ2n) is 4.41. The minimum atomic E-state index is -3.74. The topological polar surface area (TPSA) is 103 Å². The number of ether oxygens (including phenoxy) is 1. The van der Waals surface area contributed by atoms with Crippen LogP contribution in [0.1, 0.15) is 23.2 Å². The molecule has 1 aromatic heterocycles. The molecule has 1 aliphatic heterocycles. The van der Waals surface area contributed by atoms with Crippen molar-refractivity contribution in [2.24, 2.45) is 5.73 Å². The van der Waals surface area contributed by atoms with E-state index < -0.39 is 16.0 Å². The van der Waals surface area contributed by atoms with Crippen LogP contribution in [0.25, 0.3) is 0 Å². The van der Waals surface area contributed by atoms with Crippen molar-refractivity contribution in [2.75, 3.05) is 20.2 Å². The first kappa shape index (κ1) is 17.0. The van der Waals surface area contributed by atoms with Crippen LogP contribution in [0, 0.1) is 0 Å². The lowest BCUT2D eigenvalue weighted by Crippen LogP contribution is -2.45. The molecule has 114 valence electrons. The summed E-state index contributed by atoms with van der Waals surface area (Å²) in [6, 6.07) is 1.000. The van der Waals surface area contributed by atoms with Crippen molar-refractivity contribution in [3.8, 4) is 0 Å². The highest BCUT2D eigenvalue weighted by Crippen LogP contribution is 2.22. The number of carbonyl (C=O) groups is 1. The van der Waals surface area contributed by atoms with Gasteiger partial charge in [-0.3, -0.25) is 0 Å². The summed E-state index contributed by atoms with van der Waals surface area (Å²) in [6.07, 6.45) is 2.59. The summed E-state index contributed by atoms with van der Waals surface area (Å²) in [5.74, 6) is -0.638. The van der Waals surface area contributed by atoms with Crippen LogP contribution in [0.3, 0.4) is 0 Å². The smallest absolute Gasteiger partial charge is 0.341 e. The first-order valence-corrected chi connectivity index (χ1v) is 7.31. The van der Waals surface area contributed by atoms with Crippen LogP contribution in [-0.2, 0) is 14.8 Å². The first-order chi connectivity index (χ1) is 8.95. The van der Waals surface area contributed by atoms with Crippen LogP contribution in [0.4, 0.5) is 0 Å². The van der Waals surface area contributed by atoms with E-state index in [4.69, 9.17) is 10.2 Å². The summed E-state index contributed by atoms with van der Waals surface area (Å²) < 4.78 is 35.3. The minimum Gasteiger partial charge on any atom is -0.465 e. The van der Waals surface area contributed by atoms with Gasteiger partial charge in [-0.2, -0.15) is 4.31 Å². The summed E-state index contributed by atoms with van der Waals surface area (Å²) in [5.41, 5.74) is 5.84. The van der Waals surface area contributed by atoms with Crippen molar-refractivity contribution in [3.05, 3.63) is 17.9 Å². The van der Waals surface area contributed by atoms with Crippen molar-refractivity contribution >= 4 is 28.4 Å². The molecule has 20 heavy (non-hydrogen) atoms. The number of methoxy groups -OCH3 is 1. The van der Waals surface area contributed by atoms with Gasteiger partial charge in [-0.25, -0.2) is 13.2 Å². The SMILES string of the molecule is COC(=O)c1coc(S(=O)(=O)N2CCCC(N)C2)c1.Cl. The van der Waals surface area contributed by atoms with Gasteiger partial charge in [0, 0.05) is 25.2 Å². The molecule has 7 nitrogen and oxygen atoms in total. The molecule has 0 saturated carbocycles. The zero-order chi connectivity index (χ0) is 14.0. The molecule has 1 atom stereocenters. The quantitative estimate of drug-likeness (QED) is 0.817. The molecule has 9 heteroatoms. The average molecular weight is 325 g/mol. The van der Waals surface area contributed by atoms with Crippen LogP contribution < -0.4 is 5.73 Å². The standard InChI is InChI=1S/C11H16N2O5S.ClH/c1-17-11(14)8-5-10(18-7-8)19(15,16)13-4-2-3-9(12)6-13;/h5,7,9H,2-4,6,12H2,1H3;1H. The van der Waals surface area contributed by atoms with Gasteiger partial charge < -0.3 is 14.9 Å². The van der Waals surface area contributed by atoms with E-state index >= 15 is 0 Å². The lowest BCUT2D eigenvalue weighted by Gasteiger charge is -2.28. The van der Waals surface area contributed by atoms with Crippen molar-refractivity contribution in [3.63, 3.8) is 0 Å². The highest BCUT2D eigenvalue weighted by atomic mass is 35.5. The van der Waals surface area contributed by atoms with Gasteiger partial charge in [-0.1, -0.05) is 0 Å². The number of sulfonamides is 1. The molecule has 1 unspecified atom stereocenters. The zero-order valence-electron chi connectivity index (χ0n) is 10.9. The molecular weight excluding hydrogens is 308 g/mol. The van der Waals surface area contributed by atoms with Crippen molar-refractivity contribution < 1.29 is 22.4 Å². The molecule has 2 heterocycles. The van der Waals surface area contributed by atoms with Gasteiger partial charge in [-0.15, -0.1) is 12.4 Å². The Morgan fingerprint density at radius 3 is 2.85 bits per heavy atom. The summed E-state index contributed by atoms with van der Waals surface area (Å²) >= 11 is 0. The second kappa shape index (κ2) is 6.57. The number of piperidine rings is 1. The van der Waals surface area contributed by atoms with E-state index in [0.29, 0.717) is 13.0 Å². The molecule has 0 spiro atoms. The fourth-order valence-electron chi connectivity index (χ4n) is 2.00. The van der Waals surface area contributed by atoms with Crippen LogP contribution >= 0.6 is 12.4 Å². The Bertz CT molecular complexity index is 571. The van der Waals surface area contributed by atoms with Crippen LogP contribution in [-0.4, -0.2) is 44.9 Å². The Balaban J connectivity index is 0.00000200. The number of esters is 1. The summed E-state index contributed by atoms with van der Waals surface area (Å²) in [6.45, 7) is 0.668. The summed E-state index contributed by atoms with van der Waals surface area (Å²) in [7, 11) is -2.52. The predicted molar refractivity (Wildman–Crippen MR) is 73.3 cm³/mol. The first-order valence-electron chi connectivity index (χ1n) is 5.87. The molecule has 1 aromatic rings. The molecule has 1 aliphatic rings. The molecule has 0 bridgehead atoms. The summed E-state index contributed by atoms with van der Waals surface area (Å²) in [4.78, 5) is 11.3. The number of hydrogen-bond donors (Lipinski definition) is 1. The van der Waals surface area contributed by atoms with Crippen molar-refractivity contribution in [2.45, 2.75) is 24.0 Å². The Labute approximate surface area is 123 Å². The van der Waals surface area contributed by atoms with Crippen LogP contribution in [0.5, 0.6) is 0 Å². The molecule has 1 fully saturated rings. The van der Waals surface area contributed by atoms with Crippen LogP contribution in [0.2, 0.25) is 0 Å². The van der Waals surface area contributed by atoms with E-state index in [-0.39, 0.29) is 35.6 Å². The number of nitrogens with two attached hydrogens (primary N) is 1. The number of carbonyl (C=O) groups excluding carboxylic acids is 1. The van der Waals surface area contributed by atoms with Gasteiger partial charge in [-0.05, 0) is 12.8 Å². The van der Waals surface area contributed by atoms with E-state index in [1.807, 2.05) is 0 Å². The Kier molecular flexibility index (Phi) is 5.58. The highest BCUT2D eigenvalue weighted by Gasteiger charge is 2.32. The molecule has 0 radical (unpaired) electrons. The van der Waals surface area contributed by atoms with Gasteiger partial charge in [0.25, 0.3) is 10.0 Å². The maximum absolute atomic E-state index is 12.3. The monoisotopic (exact) mass is 324 g/mol. The average Bonchev–Trinajstić information content (AvgIpc) is 2.88. The van der Waals surface area contributed by atoms with Crippen LogP contribution in [0.15, 0.2) is 21.8 Å². The van der Waals surface area contributed by atoms with E-state index in [2.05, 4.69) is 4.74 Å². The second-order valence-corrected chi connectivity index (χ2v) is 6.28. The molecule has 0 aromatic carbocycles. The lowest BCUT2D eigenvalue weighted by molar-refractivity contribution is 0.0600. The van der Waals surface area contributed by atoms with Gasteiger partial charge in [0.05, 0.1) is 12.7 Å². The lowest BCUT2D eigenvalue weighted by atomic mass is 10.1. The largest absolute Gasteiger partial charge is 0.465 e. The number of rotatable bonds is 3. The molecule has 0 amide bonds. The third-order valence-electron chi connectivity index (χ3n) is 3.01. The fraction of sp³-hybridized carbons (Fsp3) is 0.545. The number of hydrogen-bond acceptors (Lipinski definition) is 6. The third kappa shape index (κ3) is 3.32. The normalized spacial score (nSPS) is 20.2. The summed E-state index contributed by atoms with van der Waals surface area (Å²) in [5, 5.41) is -0.262. The van der Waals surface area contributed by atoms with Gasteiger partial charge in [0.15, 0.2) is 0 Å². The Morgan fingerprint density at radius 2 is 2.25 bits per heavy atom. The Morgan fingerprint density at radius 1 is 1.55 bits per heavy atom. The highest BCUT2D eigenvalue weighted by molar-refractivity contribution is 7.89. The maximum Gasteiger partial charge on any atom is 0.341 e. The van der Waals surface area contributed by atoms with Gasteiger partial charge in [0.1, 0.15) is 6.26 Å². The third-order valence-corrected chi connectivity index (χ3v) is 4.75. The molecule has 2 rings (SSSR count). The van der Waals surface area contributed by atoms with E-state index in [1.54, 1.807) is 0 Å². The molecular formula is C11H17ClN2O5S. The molecule has 1 saturated heterocycles. The maximum atomic E-state index is 12.3. The number of halogens is 1. The Hall–Kier alpha value is -1.09. The fourth-order valence-corrected chi connectivity index (χ4v) is 3.45. The minimum absolute atomic E-state index is 0. The number of furan rings is 1. The van der Waals surface area contributed by atoms with Gasteiger partial charge >= 0.3 is 5.97 Å². The zero-order valence-corrected chi connectivity index (χ0v) is 12.6. The van der Waals surface area contributed by atoms with E-state index in [0.717, 1.165) is 12.7 Å². The molecule has 0 aliphatic carbocycles. The number of nitrogens with zero attached hydrogens (tertiary/aromatic N) is 1.